The highest BCUT2D eigenvalue weighted by atomic mass is 32.2. The first-order chi connectivity index (χ1) is 11.5. The van der Waals surface area contributed by atoms with Crippen LogP contribution in [0.3, 0.4) is 0 Å². The molecule has 2 N–H and O–H groups in total. The smallest absolute Gasteiger partial charge is 0.317 e. The number of carbonyl (C=O) groups is 2. The fourth-order valence-electron chi connectivity index (χ4n) is 4.00. The van der Waals surface area contributed by atoms with Gasteiger partial charge in [0, 0.05) is 25.4 Å². The van der Waals surface area contributed by atoms with Crippen molar-refractivity contribution in [1.29, 1.82) is 0 Å². The van der Waals surface area contributed by atoms with E-state index >= 15 is 0 Å². The molecular formula is C18H24N2O3S. The van der Waals surface area contributed by atoms with Crippen molar-refractivity contribution in [3.8, 4) is 0 Å². The normalized spacial score (nSPS) is 25.5. The van der Waals surface area contributed by atoms with Gasteiger partial charge in [0.05, 0.1) is 5.41 Å². The third-order valence-corrected chi connectivity index (χ3v) is 5.98. The summed E-state index contributed by atoms with van der Waals surface area (Å²) < 4.78 is 0. The van der Waals surface area contributed by atoms with Crippen molar-refractivity contribution in [3.63, 3.8) is 0 Å². The molecule has 1 aliphatic carbocycles. The number of nitrogens with one attached hydrogen (secondary N) is 1. The SMILES string of the molecule is CSCc1ccc(CNC(=O)N2C[C@@H]3CCC[C@@]3(C(=O)O)C2)cc1. The Morgan fingerprint density at radius 1 is 1.33 bits per heavy atom. The van der Waals surface area contributed by atoms with Crippen LogP contribution < -0.4 is 5.32 Å². The number of benzene rings is 1. The summed E-state index contributed by atoms with van der Waals surface area (Å²) in [5.41, 5.74) is 1.62. The van der Waals surface area contributed by atoms with Crippen molar-refractivity contribution in [2.75, 3.05) is 19.3 Å². The molecule has 24 heavy (non-hydrogen) atoms. The van der Waals surface area contributed by atoms with Gasteiger partial charge in [0.2, 0.25) is 0 Å². The van der Waals surface area contributed by atoms with Gasteiger partial charge in [-0.3, -0.25) is 4.79 Å². The monoisotopic (exact) mass is 348 g/mol. The van der Waals surface area contributed by atoms with Gasteiger partial charge in [-0.25, -0.2) is 4.79 Å². The van der Waals surface area contributed by atoms with Crippen molar-refractivity contribution in [3.05, 3.63) is 35.4 Å². The van der Waals surface area contributed by atoms with E-state index in [4.69, 9.17) is 0 Å². The minimum atomic E-state index is -0.746. The molecule has 2 amide bonds. The predicted octanol–water partition coefficient (Wildman–Crippen LogP) is 2.95. The summed E-state index contributed by atoms with van der Waals surface area (Å²) in [6.07, 6.45) is 4.62. The number of carboxylic acid groups (broad SMARTS) is 1. The molecule has 1 aromatic carbocycles. The zero-order valence-corrected chi connectivity index (χ0v) is 14.8. The van der Waals surface area contributed by atoms with E-state index in [2.05, 4.69) is 23.7 Å². The summed E-state index contributed by atoms with van der Waals surface area (Å²) >= 11 is 1.78. The van der Waals surface area contributed by atoms with E-state index in [-0.39, 0.29) is 11.9 Å². The number of hydrogen-bond acceptors (Lipinski definition) is 3. The fourth-order valence-corrected chi connectivity index (χ4v) is 4.53. The molecule has 5 nitrogen and oxygen atoms in total. The van der Waals surface area contributed by atoms with Gasteiger partial charge >= 0.3 is 12.0 Å². The Bertz CT molecular complexity index is 619. The van der Waals surface area contributed by atoms with E-state index in [1.165, 1.54) is 5.56 Å². The van der Waals surface area contributed by atoms with Crippen LogP contribution in [0.15, 0.2) is 24.3 Å². The van der Waals surface area contributed by atoms with Gasteiger partial charge in [0.25, 0.3) is 0 Å². The highest BCUT2D eigenvalue weighted by Crippen LogP contribution is 2.48. The Kier molecular flexibility index (Phi) is 5.04. The number of likely N-dealkylation sites (tertiary alicyclic amines) is 1. The molecule has 2 fully saturated rings. The Morgan fingerprint density at radius 2 is 2.04 bits per heavy atom. The lowest BCUT2D eigenvalue weighted by molar-refractivity contribution is -0.149. The van der Waals surface area contributed by atoms with E-state index in [1.807, 2.05) is 12.1 Å². The molecule has 1 heterocycles. The summed E-state index contributed by atoms with van der Waals surface area (Å²) in [4.78, 5) is 25.8. The van der Waals surface area contributed by atoms with Crippen LogP contribution in [0.25, 0.3) is 0 Å². The van der Waals surface area contributed by atoms with Crippen molar-refractivity contribution < 1.29 is 14.7 Å². The van der Waals surface area contributed by atoms with Crippen LogP contribution in [0.1, 0.15) is 30.4 Å². The van der Waals surface area contributed by atoms with Crippen LogP contribution in [0.2, 0.25) is 0 Å². The highest BCUT2D eigenvalue weighted by Gasteiger charge is 2.55. The lowest BCUT2D eigenvalue weighted by Crippen LogP contribution is -2.41. The predicted molar refractivity (Wildman–Crippen MR) is 94.9 cm³/mol. The fraction of sp³-hybridized carbons (Fsp3) is 0.556. The topological polar surface area (TPSA) is 69.6 Å². The molecule has 0 unspecified atom stereocenters. The van der Waals surface area contributed by atoms with Gasteiger partial charge < -0.3 is 15.3 Å². The number of hydrogen-bond donors (Lipinski definition) is 2. The second-order valence-electron chi connectivity index (χ2n) is 6.84. The average Bonchev–Trinajstić information content (AvgIpc) is 3.12. The second kappa shape index (κ2) is 7.05. The third kappa shape index (κ3) is 3.24. The number of fused-ring (bicyclic) bond motifs is 1. The lowest BCUT2D eigenvalue weighted by atomic mass is 9.81. The number of urea groups is 1. The molecule has 1 saturated heterocycles. The molecule has 1 aromatic rings. The first kappa shape index (κ1) is 17.1. The second-order valence-corrected chi connectivity index (χ2v) is 7.71. The number of carboxylic acids is 1. The van der Waals surface area contributed by atoms with Gasteiger partial charge in [0.1, 0.15) is 0 Å². The Balaban J connectivity index is 1.55. The molecule has 2 aliphatic rings. The Hall–Kier alpha value is -1.69. The van der Waals surface area contributed by atoms with E-state index in [9.17, 15) is 14.7 Å². The van der Waals surface area contributed by atoms with Gasteiger partial charge in [-0.05, 0) is 36.1 Å². The largest absolute Gasteiger partial charge is 0.481 e. The molecule has 6 heteroatoms. The highest BCUT2D eigenvalue weighted by molar-refractivity contribution is 7.97. The molecule has 0 spiro atoms. The van der Waals surface area contributed by atoms with Crippen molar-refractivity contribution >= 4 is 23.8 Å². The van der Waals surface area contributed by atoms with Crippen LogP contribution in [0.4, 0.5) is 4.79 Å². The zero-order valence-electron chi connectivity index (χ0n) is 14.0. The summed E-state index contributed by atoms with van der Waals surface area (Å²) in [6.45, 7) is 1.37. The maximum absolute atomic E-state index is 12.4. The van der Waals surface area contributed by atoms with Crippen LogP contribution in [-0.4, -0.2) is 41.4 Å². The lowest BCUT2D eigenvalue weighted by Gasteiger charge is -2.23. The van der Waals surface area contributed by atoms with E-state index < -0.39 is 11.4 Å². The summed E-state index contributed by atoms with van der Waals surface area (Å²) in [7, 11) is 0. The summed E-state index contributed by atoms with van der Waals surface area (Å²) in [6, 6.07) is 8.07. The Labute approximate surface area is 146 Å². The molecule has 130 valence electrons. The Morgan fingerprint density at radius 3 is 2.67 bits per heavy atom. The van der Waals surface area contributed by atoms with Crippen LogP contribution >= 0.6 is 11.8 Å². The molecule has 0 aromatic heterocycles. The van der Waals surface area contributed by atoms with Crippen LogP contribution in [0, 0.1) is 11.3 Å². The number of amides is 2. The number of aliphatic carboxylic acids is 1. The summed E-state index contributed by atoms with van der Waals surface area (Å²) in [5, 5.41) is 12.5. The number of carbonyl (C=O) groups excluding carboxylic acids is 1. The molecule has 3 rings (SSSR count). The molecule has 2 atom stereocenters. The van der Waals surface area contributed by atoms with Crippen LogP contribution in [-0.2, 0) is 17.1 Å². The minimum absolute atomic E-state index is 0.103. The van der Waals surface area contributed by atoms with E-state index in [1.54, 1.807) is 16.7 Å². The number of rotatable bonds is 5. The standard InChI is InChI=1S/C18H24N2O3S/c1-24-11-14-6-4-13(5-7-14)9-19-17(23)20-10-15-3-2-8-18(15,12-20)16(21)22/h4-7,15H,2-3,8-12H2,1H3,(H,19,23)(H,21,22)/t15-,18+/m0/s1. The van der Waals surface area contributed by atoms with Crippen LogP contribution in [0.5, 0.6) is 0 Å². The van der Waals surface area contributed by atoms with E-state index in [0.29, 0.717) is 26.1 Å². The average molecular weight is 348 g/mol. The molecule has 0 radical (unpaired) electrons. The van der Waals surface area contributed by atoms with E-state index in [0.717, 1.165) is 24.2 Å². The number of nitrogens with zero attached hydrogens (tertiary/aromatic N) is 1. The van der Waals surface area contributed by atoms with Gasteiger partial charge in [-0.2, -0.15) is 11.8 Å². The minimum Gasteiger partial charge on any atom is -0.481 e. The molecular weight excluding hydrogens is 324 g/mol. The van der Waals surface area contributed by atoms with Crippen molar-refractivity contribution in [1.82, 2.24) is 10.2 Å². The maximum Gasteiger partial charge on any atom is 0.317 e. The molecule has 0 bridgehead atoms. The summed E-state index contributed by atoms with van der Waals surface area (Å²) in [5.74, 6) is 0.343. The van der Waals surface area contributed by atoms with Gasteiger partial charge in [-0.1, -0.05) is 30.7 Å². The maximum atomic E-state index is 12.4. The van der Waals surface area contributed by atoms with Crippen molar-refractivity contribution in [2.24, 2.45) is 11.3 Å². The molecule has 1 saturated carbocycles. The van der Waals surface area contributed by atoms with Gasteiger partial charge in [-0.15, -0.1) is 0 Å². The zero-order chi connectivity index (χ0) is 17.2. The quantitative estimate of drug-likeness (QED) is 0.858. The number of thioether (sulfide) groups is 1. The van der Waals surface area contributed by atoms with Crippen molar-refractivity contribution in [2.45, 2.75) is 31.6 Å². The molecule has 1 aliphatic heterocycles. The van der Waals surface area contributed by atoms with Gasteiger partial charge in [0.15, 0.2) is 0 Å². The first-order valence-corrected chi connectivity index (χ1v) is 9.77. The first-order valence-electron chi connectivity index (χ1n) is 8.38. The third-order valence-electron chi connectivity index (χ3n) is 5.36.